The molecule has 4 heteroatoms. The number of rotatable bonds is 1. The van der Waals surface area contributed by atoms with Crippen molar-refractivity contribution in [2.75, 3.05) is 5.73 Å². The Labute approximate surface area is 108 Å². The highest BCUT2D eigenvalue weighted by Gasteiger charge is 2.07. The first-order valence-corrected chi connectivity index (χ1v) is 6.04. The molecule has 0 aliphatic rings. The molecule has 0 fully saturated rings. The fraction of sp³-hybridized carbons (Fsp3) is 0.154. The Morgan fingerprint density at radius 2 is 1.71 bits per heavy atom. The number of halogens is 1. The van der Waals surface area contributed by atoms with Crippen molar-refractivity contribution >= 4 is 21.6 Å². The summed E-state index contributed by atoms with van der Waals surface area (Å²) in [6.07, 6.45) is 0. The molecule has 2 N–H and O–H groups in total. The minimum Gasteiger partial charge on any atom is -0.399 e. The highest BCUT2D eigenvalue weighted by atomic mass is 79.9. The monoisotopic (exact) mass is 292 g/mol. The van der Waals surface area contributed by atoms with Crippen LogP contribution in [0, 0.1) is 13.8 Å². The Morgan fingerprint density at radius 3 is 2.24 bits per heavy atom. The number of nitrogens with zero attached hydrogens (tertiary/aromatic N) is 1. The number of anilines is 1. The van der Waals surface area contributed by atoms with Crippen LogP contribution in [0.25, 0.3) is 5.69 Å². The molecule has 1 heterocycles. The quantitative estimate of drug-likeness (QED) is 0.822. The Bertz CT molecular complexity index is 606. The minimum absolute atomic E-state index is 0.0304. The van der Waals surface area contributed by atoms with Gasteiger partial charge in [0.2, 0.25) is 0 Å². The molecular formula is C13H13BrN2O. The zero-order chi connectivity index (χ0) is 12.6. The summed E-state index contributed by atoms with van der Waals surface area (Å²) in [5.74, 6) is 0. The predicted molar refractivity (Wildman–Crippen MR) is 73.6 cm³/mol. The molecule has 0 unspecified atom stereocenters. The van der Waals surface area contributed by atoms with Gasteiger partial charge in [0.05, 0.1) is 5.69 Å². The number of nitrogens with two attached hydrogens (primary N) is 1. The summed E-state index contributed by atoms with van der Waals surface area (Å²) in [4.78, 5) is 11.4. The first-order valence-electron chi connectivity index (χ1n) is 5.25. The molecule has 88 valence electrons. The summed E-state index contributed by atoms with van der Waals surface area (Å²) in [5.41, 5.74) is 9.24. The van der Waals surface area contributed by atoms with Gasteiger partial charge in [-0.15, -0.1) is 0 Å². The zero-order valence-corrected chi connectivity index (χ0v) is 11.3. The maximum atomic E-state index is 11.4. The number of hydrogen-bond acceptors (Lipinski definition) is 2. The molecule has 0 amide bonds. The number of benzene rings is 1. The molecule has 0 atom stereocenters. The molecule has 0 aliphatic carbocycles. The van der Waals surface area contributed by atoms with Gasteiger partial charge in [-0.05, 0) is 48.0 Å². The molecule has 0 saturated carbocycles. The summed E-state index contributed by atoms with van der Waals surface area (Å²) in [5, 5.41) is 0. The smallest absolute Gasteiger partial charge is 0.182 e. The highest BCUT2D eigenvalue weighted by molar-refractivity contribution is 9.10. The van der Waals surface area contributed by atoms with Gasteiger partial charge >= 0.3 is 0 Å². The lowest BCUT2D eigenvalue weighted by Gasteiger charge is -2.16. The van der Waals surface area contributed by atoms with E-state index in [1.807, 2.05) is 36.6 Å². The minimum atomic E-state index is 0.0304. The Hall–Kier alpha value is -1.55. The fourth-order valence-corrected chi connectivity index (χ4v) is 2.52. The van der Waals surface area contributed by atoms with E-state index in [2.05, 4.69) is 15.9 Å². The average molecular weight is 293 g/mol. The van der Waals surface area contributed by atoms with Crippen LogP contribution in [-0.4, -0.2) is 4.57 Å². The predicted octanol–water partition coefficient (Wildman–Crippen LogP) is 2.80. The van der Waals surface area contributed by atoms with E-state index in [0.29, 0.717) is 5.69 Å². The Morgan fingerprint density at radius 1 is 1.12 bits per heavy atom. The summed E-state index contributed by atoms with van der Waals surface area (Å²) in [6.45, 7) is 3.83. The van der Waals surface area contributed by atoms with Crippen molar-refractivity contribution in [1.82, 2.24) is 4.57 Å². The number of pyridine rings is 1. The average Bonchev–Trinajstić information content (AvgIpc) is 2.19. The second-order valence-electron chi connectivity index (χ2n) is 4.02. The first kappa shape index (κ1) is 11.9. The van der Waals surface area contributed by atoms with Crippen LogP contribution >= 0.6 is 15.9 Å². The lowest BCUT2D eigenvalue weighted by Crippen LogP contribution is -2.11. The van der Waals surface area contributed by atoms with Gasteiger partial charge in [-0.3, -0.25) is 4.79 Å². The normalized spacial score (nSPS) is 10.5. The van der Waals surface area contributed by atoms with Crippen LogP contribution in [-0.2, 0) is 0 Å². The van der Waals surface area contributed by atoms with Gasteiger partial charge in [0.1, 0.15) is 0 Å². The van der Waals surface area contributed by atoms with Crippen molar-refractivity contribution in [1.29, 1.82) is 0 Å². The maximum absolute atomic E-state index is 11.4. The van der Waals surface area contributed by atoms with E-state index in [4.69, 9.17) is 5.73 Å². The Kier molecular flexibility index (Phi) is 3.07. The lowest BCUT2D eigenvalue weighted by molar-refractivity contribution is 0.918. The van der Waals surface area contributed by atoms with E-state index < -0.39 is 0 Å². The van der Waals surface area contributed by atoms with Crippen LogP contribution in [0.15, 0.2) is 39.6 Å². The molecule has 3 nitrogen and oxygen atoms in total. The molecule has 0 radical (unpaired) electrons. The molecule has 0 bridgehead atoms. The summed E-state index contributed by atoms with van der Waals surface area (Å²) in [6, 6.07) is 8.87. The van der Waals surface area contributed by atoms with Crippen LogP contribution in [0.3, 0.4) is 0 Å². The van der Waals surface area contributed by atoms with Crippen LogP contribution in [0.1, 0.15) is 11.4 Å². The van der Waals surface area contributed by atoms with Gasteiger partial charge < -0.3 is 10.3 Å². The van der Waals surface area contributed by atoms with Crippen molar-refractivity contribution in [3.05, 3.63) is 56.4 Å². The molecule has 1 aromatic carbocycles. The Balaban J connectivity index is 2.73. The maximum Gasteiger partial charge on any atom is 0.182 e. The van der Waals surface area contributed by atoms with Gasteiger partial charge in [0.25, 0.3) is 0 Å². The second-order valence-corrected chi connectivity index (χ2v) is 4.87. The van der Waals surface area contributed by atoms with Crippen molar-refractivity contribution < 1.29 is 0 Å². The number of nitrogen functional groups attached to an aromatic ring is 1. The summed E-state index contributed by atoms with van der Waals surface area (Å²) >= 11 is 3.49. The van der Waals surface area contributed by atoms with E-state index in [-0.39, 0.29) is 5.43 Å². The van der Waals surface area contributed by atoms with Gasteiger partial charge in [0.15, 0.2) is 5.43 Å². The van der Waals surface area contributed by atoms with Crippen molar-refractivity contribution in [2.24, 2.45) is 0 Å². The van der Waals surface area contributed by atoms with Crippen LogP contribution in [0.5, 0.6) is 0 Å². The molecule has 17 heavy (non-hydrogen) atoms. The molecular weight excluding hydrogens is 280 g/mol. The number of aromatic nitrogens is 1. The fourth-order valence-electron chi connectivity index (χ4n) is 1.95. The van der Waals surface area contributed by atoms with Gasteiger partial charge in [-0.1, -0.05) is 0 Å². The molecule has 2 rings (SSSR count). The van der Waals surface area contributed by atoms with Crippen molar-refractivity contribution in [2.45, 2.75) is 13.8 Å². The third-order valence-corrected chi connectivity index (χ3v) is 3.26. The van der Waals surface area contributed by atoms with Crippen molar-refractivity contribution in [3.63, 3.8) is 0 Å². The molecule has 0 aliphatic heterocycles. The topological polar surface area (TPSA) is 48.0 Å². The molecule has 0 saturated heterocycles. The SMILES string of the molecule is Cc1cc(=O)cc(C)n1-c1ccc(N)cc1Br. The number of aryl methyl sites for hydroxylation is 2. The standard InChI is InChI=1S/C13H13BrN2O/c1-8-5-11(17)6-9(2)16(8)13-4-3-10(15)7-12(13)14/h3-7H,15H2,1-2H3. The second kappa shape index (κ2) is 4.37. The highest BCUT2D eigenvalue weighted by Crippen LogP contribution is 2.25. The molecule has 2 aromatic rings. The third kappa shape index (κ3) is 2.26. The largest absolute Gasteiger partial charge is 0.399 e. The zero-order valence-electron chi connectivity index (χ0n) is 9.70. The molecule has 0 spiro atoms. The van der Waals surface area contributed by atoms with Gasteiger partial charge in [-0.2, -0.15) is 0 Å². The van der Waals surface area contributed by atoms with Crippen LogP contribution in [0.2, 0.25) is 0 Å². The van der Waals surface area contributed by atoms with E-state index >= 15 is 0 Å². The third-order valence-electron chi connectivity index (χ3n) is 2.62. The van der Waals surface area contributed by atoms with Crippen molar-refractivity contribution in [3.8, 4) is 5.69 Å². The van der Waals surface area contributed by atoms with Crippen LogP contribution in [0.4, 0.5) is 5.69 Å². The lowest BCUT2D eigenvalue weighted by atomic mass is 10.2. The van der Waals surface area contributed by atoms with E-state index in [9.17, 15) is 4.79 Å². The van der Waals surface area contributed by atoms with E-state index in [1.165, 1.54) is 0 Å². The van der Waals surface area contributed by atoms with E-state index in [0.717, 1.165) is 21.5 Å². The molecule has 1 aromatic heterocycles. The number of hydrogen-bond donors (Lipinski definition) is 1. The van der Waals surface area contributed by atoms with Gasteiger partial charge in [0, 0.05) is 33.7 Å². The summed E-state index contributed by atoms with van der Waals surface area (Å²) < 4.78 is 2.93. The van der Waals surface area contributed by atoms with Gasteiger partial charge in [-0.25, -0.2) is 0 Å². The van der Waals surface area contributed by atoms with Crippen LogP contribution < -0.4 is 11.2 Å². The summed E-state index contributed by atoms with van der Waals surface area (Å²) in [7, 11) is 0. The first-order chi connectivity index (χ1) is 7.99. The van der Waals surface area contributed by atoms with E-state index in [1.54, 1.807) is 12.1 Å².